The SMILES string of the molecule is c1csc(C23CCC2CCN3)c1. The second-order valence-electron chi connectivity index (χ2n) is 3.90. The average Bonchev–Trinajstić information content (AvgIpc) is 2.61. The van der Waals surface area contributed by atoms with E-state index in [2.05, 4.69) is 22.8 Å². The Morgan fingerprint density at radius 1 is 1.50 bits per heavy atom. The van der Waals surface area contributed by atoms with Crippen molar-refractivity contribution in [2.24, 2.45) is 5.92 Å². The largest absolute Gasteiger partial charge is 0.306 e. The lowest BCUT2D eigenvalue weighted by Crippen LogP contribution is -2.48. The van der Waals surface area contributed by atoms with Gasteiger partial charge in [0.2, 0.25) is 0 Å². The summed E-state index contributed by atoms with van der Waals surface area (Å²) >= 11 is 1.91. The molecule has 64 valence electrons. The number of nitrogens with one attached hydrogen (secondary N) is 1. The fourth-order valence-corrected chi connectivity index (χ4v) is 3.69. The first-order valence-electron chi connectivity index (χ1n) is 4.71. The Bertz CT molecular complexity index is 280. The maximum atomic E-state index is 3.68. The zero-order valence-electron chi connectivity index (χ0n) is 7.05. The van der Waals surface area contributed by atoms with E-state index in [9.17, 15) is 0 Å². The van der Waals surface area contributed by atoms with Gasteiger partial charge in [0.05, 0.1) is 5.54 Å². The van der Waals surface area contributed by atoms with Gasteiger partial charge in [0.25, 0.3) is 0 Å². The lowest BCUT2D eigenvalue weighted by molar-refractivity contribution is 0.140. The minimum atomic E-state index is 0.425. The van der Waals surface area contributed by atoms with Crippen molar-refractivity contribution >= 4 is 11.3 Å². The summed E-state index contributed by atoms with van der Waals surface area (Å²) in [4.78, 5) is 1.57. The maximum Gasteiger partial charge on any atom is 0.0557 e. The summed E-state index contributed by atoms with van der Waals surface area (Å²) in [6.07, 6.45) is 4.18. The fraction of sp³-hybridized carbons (Fsp3) is 0.600. The van der Waals surface area contributed by atoms with Crippen LogP contribution in [0.2, 0.25) is 0 Å². The monoisotopic (exact) mass is 179 g/mol. The smallest absolute Gasteiger partial charge is 0.0557 e. The number of rotatable bonds is 1. The summed E-state index contributed by atoms with van der Waals surface area (Å²) < 4.78 is 0. The molecule has 12 heavy (non-hydrogen) atoms. The molecule has 1 saturated carbocycles. The molecule has 0 spiro atoms. The van der Waals surface area contributed by atoms with E-state index >= 15 is 0 Å². The van der Waals surface area contributed by atoms with Crippen LogP contribution in [0.5, 0.6) is 0 Å². The molecule has 1 aliphatic carbocycles. The Morgan fingerprint density at radius 3 is 3.08 bits per heavy atom. The Labute approximate surface area is 76.8 Å². The summed E-state index contributed by atoms with van der Waals surface area (Å²) in [5.41, 5.74) is 0.425. The van der Waals surface area contributed by atoms with Crippen LogP contribution in [-0.2, 0) is 5.54 Å². The van der Waals surface area contributed by atoms with Crippen molar-refractivity contribution in [2.45, 2.75) is 24.8 Å². The summed E-state index contributed by atoms with van der Waals surface area (Å²) in [5.74, 6) is 0.941. The molecule has 1 nitrogen and oxygen atoms in total. The van der Waals surface area contributed by atoms with E-state index in [0.29, 0.717) is 5.54 Å². The predicted octanol–water partition coefficient (Wildman–Crippen LogP) is 2.35. The highest BCUT2D eigenvalue weighted by molar-refractivity contribution is 7.10. The van der Waals surface area contributed by atoms with Crippen molar-refractivity contribution in [3.8, 4) is 0 Å². The molecular weight excluding hydrogens is 166 g/mol. The lowest BCUT2D eigenvalue weighted by Gasteiger charge is -2.44. The van der Waals surface area contributed by atoms with Gasteiger partial charge in [0.1, 0.15) is 0 Å². The highest BCUT2D eigenvalue weighted by Gasteiger charge is 2.51. The molecule has 0 radical (unpaired) electrons. The van der Waals surface area contributed by atoms with Crippen LogP contribution in [0.4, 0.5) is 0 Å². The molecule has 2 fully saturated rings. The summed E-state index contributed by atoms with van der Waals surface area (Å²) in [6.45, 7) is 1.22. The third-order valence-electron chi connectivity index (χ3n) is 3.48. The molecule has 1 aromatic heterocycles. The van der Waals surface area contributed by atoms with E-state index in [0.717, 1.165) is 5.92 Å². The van der Waals surface area contributed by atoms with Gasteiger partial charge in [-0.1, -0.05) is 6.07 Å². The van der Waals surface area contributed by atoms with E-state index < -0.39 is 0 Å². The van der Waals surface area contributed by atoms with E-state index in [1.807, 2.05) is 11.3 Å². The first-order chi connectivity index (χ1) is 5.92. The van der Waals surface area contributed by atoms with Gasteiger partial charge >= 0.3 is 0 Å². The second-order valence-corrected chi connectivity index (χ2v) is 4.85. The first kappa shape index (κ1) is 7.10. The molecular formula is C10H13NS. The second kappa shape index (κ2) is 2.33. The van der Waals surface area contributed by atoms with Crippen molar-refractivity contribution in [1.29, 1.82) is 0 Å². The van der Waals surface area contributed by atoms with Crippen LogP contribution in [0.1, 0.15) is 24.1 Å². The molecule has 2 heterocycles. The van der Waals surface area contributed by atoms with Gasteiger partial charge in [-0.2, -0.15) is 0 Å². The number of hydrogen-bond donors (Lipinski definition) is 1. The topological polar surface area (TPSA) is 12.0 Å². The van der Waals surface area contributed by atoms with Crippen LogP contribution < -0.4 is 5.32 Å². The number of fused-ring (bicyclic) bond motifs is 1. The van der Waals surface area contributed by atoms with Crippen LogP contribution in [0.15, 0.2) is 17.5 Å². The lowest BCUT2D eigenvalue weighted by atomic mass is 9.67. The molecule has 2 aliphatic rings. The minimum absolute atomic E-state index is 0.425. The fourth-order valence-electron chi connectivity index (χ4n) is 2.67. The zero-order valence-corrected chi connectivity index (χ0v) is 7.86. The molecule has 2 atom stereocenters. The molecule has 1 N–H and O–H groups in total. The van der Waals surface area contributed by atoms with Gasteiger partial charge in [-0.15, -0.1) is 11.3 Å². The standard InChI is InChI=1S/C10H13NS/c1-2-9(12-7-1)10-5-3-8(10)4-6-11-10/h1-2,7-8,11H,3-6H2. The Kier molecular flexibility index (Phi) is 1.38. The zero-order chi connectivity index (χ0) is 8.02. The molecule has 0 bridgehead atoms. The van der Waals surface area contributed by atoms with Crippen molar-refractivity contribution in [3.05, 3.63) is 22.4 Å². The van der Waals surface area contributed by atoms with Gasteiger partial charge in [-0.25, -0.2) is 0 Å². The molecule has 2 unspecified atom stereocenters. The van der Waals surface area contributed by atoms with Gasteiger partial charge in [0.15, 0.2) is 0 Å². The van der Waals surface area contributed by atoms with Crippen LogP contribution in [0, 0.1) is 5.92 Å². The van der Waals surface area contributed by atoms with E-state index in [1.54, 1.807) is 4.88 Å². The van der Waals surface area contributed by atoms with Crippen molar-refractivity contribution in [2.75, 3.05) is 6.54 Å². The van der Waals surface area contributed by atoms with Crippen LogP contribution >= 0.6 is 11.3 Å². The van der Waals surface area contributed by atoms with Crippen LogP contribution in [-0.4, -0.2) is 6.54 Å². The number of thiophene rings is 1. The summed E-state index contributed by atoms with van der Waals surface area (Å²) in [7, 11) is 0. The molecule has 1 aromatic rings. The third-order valence-corrected chi connectivity index (χ3v) is 4.53. The molecule has 3 rings (SSSR count). The summed E-state index contributed by atoms with van der Waals surface area (Å²) in [6, 6.07) is 4.46. The highest BCUT2D eigenvalue weighted by Crippen LogP contribution is 2.52. The van der Waals surface area contributed by atoms with Crippen molar-refractivity contribution in [3.63, 3.8) is 0 Å². The van der Waals surface area contributed by atoms with Crippen LogP contribution in [0.25, 0.3) is 0 Å². The maximum absolute atomic E-state index is 3.68. The Balaban J connectivity index is 2.01. The quantitative estimate of drug-likeness (QED) is 0.697. The van der Waals surface area contributed by atoms with Crippen molar-refractivity contribution < 1.29 is 0 Å². The molecule has 1 aliphatic heterocycles. The molecule has 1 saturated heterocycles. The first-order valence-corrected chi connectivity index (χ1v) is 5.59. The molecule has 0 amide bonds. The Hall–Kier alpha value is -0.340. The third kappa shape index (κ3) is 0.723. The van der Waals surface area contributed by atoms with Crippen LogP contribution in [0.3, 0.4) is 0 Å². The normalized spacial score (nSPS) is 39.2. The summed E-state index contributed by atoms with van der Waals surface area (Å²) in [5, 5.41) is 5.88. The van der Waals surface area contributed by atoms with E-state index in [-0.39, 0.29) is 0 Å². The Morgan fingerprint density at radius 2 is 2.50 bits per heavy atom. The van der Waals surface area contributed by atoms with Gasteiger partial charge in [0, 0.05) is 4.88 Å². The van der Waals surface area contributed by atoms with Gasteiger partial charge < -0.3 is 5.32 Å². The number of hydrogen-bond acceptors (Lipinski definition) is 2. The molecule has 0 aromatic carbocycles. The van der Waals surface area contributed by atoms with Gasteiger partial charge in [-0.05, 0) is 43.2 Å². The van der Waals surface area contributed by atoms with E-state index in [4.69, 9.17) is 0 Å². The van der Waals surface area contributed by atoms with Crippen molar-refractivity contribution in [1.82, 2.24) is 5.32 Å². The molecule has 2 heteroatoms. The minimum Gasteiger partial charge on any atom is -0.306 e. The average molecular weight is 179 g/mol. The van der Waals surface area contributed by atoms with E-state index in [1.165, 1.54) is 25.8 Å². The predicted molar refractivity (Wildman–Crippen MR) is 51.3 cm³/mol. The van der Waals surface area contributed by atoms with Gasteiger partial charge in [-0.3, -0.25) is 0 Å². The highest BCUT2D eigenvalue weighted by atomic mass is 32.1.